The molecule has 0 aliphatic heterocycles. The zero-order valence-electron chi connectivity index (χ0n) is 11.1. The normalized spacial score (nSPS) is 13.6. The van der Waals surface area contributed by atoms with Gasteiger partial charge in [0.15, 0.2) is 5.54 Å². The SMILES string of the molecule is COCC(C)(NC(=O)Cc1c(F)cccc1F)C(=O)O. The van der Waals surface area contributed by atoms with Crippen molar-refractivity contribution in [2.75, 3.05) is 13.7 Å². The Kier molecular flexibility index (Phi) is 5.15. The molecule has 0 aliphatic rings. The molecule has 1 amide bonds. The zero-order chi connectivity index (χ0) is 15.3. The van der Waals surface area contributed by atoms with E-state index in [9.17, 15) is 18.4 Å². The highest BCUT2D eigenvalue weighted by atomic mass is 19.1. The summed E-state index contributed by atoms with van der Waals surface area (Å²) in [6.07, 6.45) is -0.592. The van der Waals surface area contributed by atoms with Gasteiger partial charge in [0.1, 0.15) is 11.6 Å². The average molecular weight is 287 g/mol. The van der Waals surface area contributed by atoms with Crippen molar-refractivity contribution in [1.29, 1.82) is 0 Å². The first-order valence-electron chi connectivity index (χ1n) is 5.76. The van der Waals surface area contributed by atoms with Gasteiger partial charge in [0.05, 0.1) is 13.0 Å². The molecule has 20 heavy (non-hydrogen) atoms. The Bertz CT molecular complexity index is 501. The Morgan fingerprint density at radius 2 is 1.90 bits per heavy atom. The van der Waals surface area contributed by atoms with Gasteiger partial charge in [-0.3, -0.25) is 4.79 Å². The molecule has 1 aromatic rings. The lowest BCUT2D eigenvalue weighted by molar-refractivity contribution is -0.149. The standard InChI is InChI=1S/C13H15F2NO4/c1-13(7-20-2,12(18)19)16-11(17)6-8-9(14)4-3-5-10(8)15/h3-5H,6-7H2,1-2H3,(H,16,17)(H,18,19). The van der Waals surface area contributed by atoms with E-state index < -0.39 is 41.0 Å². The van der Waals surface area contributed by atoms with Crippen LogP contribution < -0.4 is 5.32 Å². The molecule has 5 nitrogen and oxygen atoms in total. The molecule has 1 unspecified atom stereocenters. The smallest absolute Gasteiger partial charge is 0.331 e. The molecule has 0 aromatic heterocycles. The molecule has 0 spiro atoms. The van der Waals surface area contributed by atoms with Gasteiger partial charge in [-0.2, -0.15) is 0 Å². The largest absolute Gasteiger partial charge is 0.479 e. The van der Waals surface area contributed by atoms with Crippen molar-refractivity contribution in [3.63, 3.8) is 0 Å². The Hall–Kier alpha value is -2.02. The van der Waals surface area contributed by atoms with Crippen LogP contribution in [0.25, 0.3) is 0 Å². The van der Waals surface area contributed by atoms with Crippen molar-refractivity contribution in [3.8, 4) is 0 Å². The van der Waals surface area contributed by atoms with E-state index in [4.69, 9.17) is 9.84 Å². The van der Waals surface area contributed by atoms with Crippen LogP contribution in [0.15, 0.2) is 18.2 Å². The number of rotatable bonds is 6. The van der Waals surface area contributed by atoms with Crippen LogP contribution >= 0.6 is 0 Å². The third-order valence-corrected chi connectivity index (χ3v) is 2.72. The van der Waals surface area contributed by atoms with E-state index in [1.54, 1.807) is 0 Å². The highest BCUT2D eigenvalue weighted by molar-refractivity contribution is 5.87. The second kappa shape index (κ2) is 6.42. The number of carbonyl (C=O) groups excluding carboxylic acids is 1. The fourth-order valence-electron chi connectivity index (χ4n) is 1.65. The molecule has 0 aliphatic carbocycles. The van der Waals surface area contributed by atoms with Gasteiger partial charge >= 0.3 is 5.97 Å². The number of hydrogen-bond acceptors (Lipinski definition) is 3. The van der Waals surface area contributed by atoms with E-state index in [0.29, 0.717) is 0 Å². The number of halogens is 2. The maximum atomic E-state index is 13.4. The molecule has 2 N–H and O–H groups in total. The molecule has 0 saturated heterocycles. The molecule has 0 heterocycles. The van der Waals surface area contributed by atoms with Gasteiger partial charge in [0.2, 0.25) is 5.91 Å². The van der Waals surface area contributed by atoms with Gasteiger partial charge in [-0.25, -0.2) is 13.6 Å². The summed E-state index contributed by atoms with van der Waals surface area (Å²) in [4.78, 5) is 22.8. The fraction of sp³-hybridized carbons (Fsp3) is 0.385. The Balaban J connectivity index is 2.84. The van der Waals surface area contributed by atoms with E-state index in [0.717, 1.165) is 12.1 Å². The zero-order valence-corrected chi connectivity index (χ0v) is 11.1. The summed E-state index contributed by atoms with van der Waals surface area (Å²) < 4.78 is 31.5. The molecule has 1 aromatic carbocycles. The summed E-state index contributed by atoms with van der Waals surface area (Å²) in [7, 11) is 1.28. The quantitative estimate of drug-likeness (QED) is 0.822. The van der Waals surface area contributed by atoms with E-state index in [2.05, 4.69) is 5.32 Å². The van der Waals surface area contributed by atoms with Crippen molar-refractivity contribution in [1.82, 2.24) is 5.32 Å². The van der Waals surface area contributed by atoms with Gasteiger partial charge < -0.3 is 15.2 Å². The predicted molar refractivity (Wildman–Crippen MR) is 66.1 cm³/mol. The number of benzene rings is 1. The highest BCUT2D eigenvalue weighted by Crippen LogP contribution is 2.13. The summed E-state index contributed by atoms with van der Waals surface area (Å²) >= 11 is 0. The summed E-state index contributed by atoms with van der Waals surface area (Å²) in [6, 6.07) is 3.23. The number of amides is 1. The number of aliphatic carboxylic acids is 1. The van der Waals surface area contributed by atoms with Crippen molar-refractivity contribution < 1.29 is 28.2 Å². The van der Waals surface area contributed by atoms with Gasteiger partial charge in [-0.1, -0.05) is 6.07 Å². The van der Waals surface area contributed by atoms with Crippen molar-refractivity contribution in [2.24, 2.45) is 0 Å². The molecular weight excluding hydrogens is 272 g/mol. The van der Waals surface area contributed by atoms with E-state index in [1.165, 1.54) is 20.1 Å². The molecule has 110 valence electrons. The molecule has 0 bridgehead atoms. The molecule has 1 rings (SSSR count). The van der Waals surface area contributed by atoms with E-state index in [-0.39, 0.29) is 6.61 Å². The minimum absolute atomic E-state index is 0.270. The van der Waals surface area contributed by atoms with Crippen LogP contribution in [0.1, 0.15) is 12.5 Å². The van der Waals surface area contributed by atoms with Crippen LogP contribution in [0.2, 0.25) is 0 Å². The number of ether oxygens (including phenoxy) is 1. The van der Waals surface area contributed by atoms with Gasteiger partial charge in [-0.05, 0) is 19.1 Å². The van der Waals surface area contributed by atoms with Crippen LogP contribution in [-0.2, 0) is 20.7 Å². The first-order chi connectivity index (χ1) is 9.30. The third-order valence-electron chi connectivity index (χ3n) is 2.72. The van der Waals surface area contributed by atoms with Crippen LogP contribution in [0.3, 0.4) is 0 Å². The van der Waals surface area contributed by atoms with Crippen LogP contribution in [0, 0.1) is 11.6 Å². The predicted octanol–water partition coefficient (Wildman–Crippen LogP) is 1.11. The average Bonchev–Trinajstić information content (AvgIpc) is 2.34. The summed E-state index contributed by atoms with van der Waals surface area (Å²) in [5, 5.41) is 11.2. The van der Waals surface area contributed by atoms with E-state index >= 15 is 0 Å². The molecule has 7 heteroatoms. The lowest BCUT2D eigenvalue weighted by Crippen LogP contribution is -2.55. The Morgan fingerprint density at radius 1 is 1.35 bits per heavy atom. The number of carbonyl (C=O) groups is 2. The number of hydrogen-bond donors (Lipinski definition) is 2. The molecular formula is C13H15F2NO4. The van der Waals surface area contributed by atoms with Crippen LogP contribution in [-0.4, -0.2) is 36.2 Å². The molecule has 0 radical (unpaired) electrons. The molecule has 0 saturated carbocycles. The number of carboxylic acids is 1. The monoisotopic (exact) mass is 287 g/mol. The second-order valence-corrected chi connectivity index (χ2v) is 4.50. The van der Waals surface area contributed by atoms with Crippen molar-refractivity contribution in [3.05, 3.63) is 35.4 Å². The lowest BCUT2D eigenvalue weighted by atomic mass is 10.0. The topological polar surface area (TPSA) is 75.6 Å². The van der Waals surface area contributed by atoms with Crippen LogP contribution in [0.4, 0.5) is 8.78 Å². The third kappa shape index (κ3) is 3.74. The van der Waals surface area contributed by atoms with Crippen molar-refractivity contribution in [2.45, 2.75) is 18.9 Å². The minimum Gasteiger partial charge on any atom is -0.479 e. The minimum atomic E-state index is -1.66. The summed E-state index contributed by atoms with van der Waals surface area (Å²) in [5.74, 6) is -3.83. The Morgan fingerprint density at radius 3 is 2.35 bits per heavy atom. The number of methoxy groups -OCH3 is 1. The van der Waals surface area contributed by atoms with Gasteiger partial charge in [-0.15, -0.1) is 0 Å². The van der Waals surface area contributed by atoms with Gasteiger partial charge in [0, 0.05) is 12.7 Å². The Labute approximate surface area is 114 Å². The highest BCUT2D eigenvalue weighted by Gasteiger charge is 2.35. The maximum Gasteiger partial charge on any atom is 0.331 e. The fourth-order valence-corrected chi connectivity index (χ4v) is 1.65. The maximum absolute atomic E-state index is 13.4. The van der Waals surface area contributed by atoms with Crippen molar-refractivity contribution >= 4 is 11.9 Å². The lowest BCUT2D eigenvalue weighted by Gasteiger charge is -2.25. The first kappa shape index (κ1) is 16.0. The first-order valence-corrected chi connectivity index (χ1v) is 5.76. The number of nitrogens with one attached hydrogen (secondary N) is 1. The van der Waals surface area contributed by atoms with Crippen LogP contribution in [0.5, 0.6) is 0 Å². The summed E-state index contributed by atoms with van der Waals surface area (Å²) in [5.41, 5.74) is -2.07. The summed E-state index contributed by atoms with van der Waals surface area (Å²) in [6.45, 7) is 0.974. The molecule has 0 fully saturated rings. The van der Waals surface area contributed by atoms with E-state index in [1.807, 2.05) is 0 Å². The second-order valence-electron chi connectivity index (χ2n) is 4.50. The molecule has 1 atom stereocenters. The van der Waals surface area contributed by atoms with Gasteiger partial charge in [0.25, 0.3) is 0 Å². The number of carboxylic acid groups (broad SMARTS) is 1.